The van der Waals surface area contributed by atoms with Gasteiger partial charge in [-0.2, -0.15) is 0 Å². The van der Waals surface area contributed by atoms with Crippen molar-refractivity contribution in [3.05, 3.63) is 70.5 Å². The molecule has 2 aromatic carbocycles. The SMILES string of the molecule is CN(CCc1ccccc1)C(CN)c1cccc(Cl)c1F. The molecule has 2 nitrogen and oxygen atoms in total. The average Bonchev–Trinajstić information content (AvgIpc) is 2.51. The van der Waals surface area contributed by atoms with Crippen LogP contribution in [0.4, 0.5) is 4.39 Å². The van der Waals surface area contributed by atoms with E-state index >= 15 is 0 Å². The molecule has 0 radical (unpaired) electrons. The maximum Gasteiger partial charge on any atom is 0.146 e. The summed E-state index contributed by atoms with van der Waals surface area (Å²) in [5.74, 6) is -0.374. The van der Waals surface area contributed by atoms with Crippen LogP contribution >= 0.6 is 11.6 Å². The molecular formula is C17H20ClFN2. The Morgan fingerprint density at radius 1 is 1.14 bits per heavy atom. The van der Waals surface area contributed by atoms with Gasteiger partial charge in [0.2, 0.25) is 0 Å². The Morgan fingerprint density at radius 2 is 1.86 bits per heavy atom. The molecule has 1 unspecified atom stereocenters. The van der Waals surface area contributed by atoms with Crippen molar-refractivity contribution in [2.24, 2.45) is 5.73 Å². The Bertz CT molecular complexity index is 574. The Kier molecular flexibility index (Phi) is 5.74. The fraction of sp³-hybridized carbons (Fsp3) is 0.294. The van der Waals surface area contributed by atoms with Gasteiger partial charge < -0.3 is 5.73 Å². The zero-order valence-corrected chi connectivity index (χ0v) is 12.9. The number of benzene rings is 2. The summed E-state index contributed by atoms with van der Waals surface area (Å²) in [6.45, 7) is 1.15. The minimum Gasteiger partial charge on any atom is -0.329 e. The highest BCUT2D eigenvalue weighted by Gasteiger charge is 2.20. The lowest BCUT2D eigenvalue weighted by molar-refractivity contribution is 0.248. The van der Waals surface area contributed by atoms with Gasteiger partial charge in [-0.25, -0.2) is 4.39 Å². The summed E-state index contributed by atoms with van der Waals surface area (Å²) in [6.07, 6.45) is 0.899. The zero-order chi connectivity index (χ0) is 15.2. The van der Waals surface area contributed by atoms with Gasteiger partial charge in [0.15, 0.2) is 0 Å². The van der Waals surface area contributed by atoms with E-state index in [4.69, 9.17) is 17.3 Å². The second kappa shape index (κ2) is 7.55. The van der Waals surface area contributed by atoms with Crippen molar-refractivity contribution in [3.8, 4) is 0 Å². The Labute approximate surface area is 130 Å². The zero-order valence-electron chi connectivity index (χ0n) is 12.1. The quantitative estimate of drug-likeness (QED) is 0.882. The molecule has 0 bridgehead atoms. The van der Waals surface area contributed by atoms with Crippen molar-refractivity contribution < 1.29 is 4.39 Å². The van der Waals surface area contributed by atoms with Gasteiger partial charge in [0.25, 0.3) is 0 Å². The second-order valence-corrected chi connectivity index (χ2v) is 5.52. The van der Waals surface area contributed by atoms with Gasteiger partial charge in [0.1, 0.15) is 5.82 Å². The van der Waals surface area contributed by atoms with Crippen LogP contribution in [0.25, 0.3) is 0 Å². The summed E-state index contributed by atoms with van der Waals surface area (Å²) in [7, 11) is 1.96. The normalized spacial score (nSPS) is 12.6. The molecular weight excluding hydrogens is 287 g/mol. The van der Waals surface area contributed by atoms with E-state index in [0.29, 0.717) is 12.1 Å². The van der Waals surface area contributed by atoms with Gasteiger partial charge >= 0.3 is 0 Å². The van der Waals surface area contributed by atoms with E-state index in [0.717, 1.165) is 13.0 Å². The smallest absolute Gasteiger partial charge is 0.146 e. The van der Waals surface area contributed by atoms with Crippen LogP contribution in [0.1, 0.15) is 17.2 Å². The van der Waals surface area contributed by atoms with E-state index in [2.05, 4.69) is 17.0 Å². The number of hydrogen-bond acceptors (Lipinski definition) is 2. The molecule has 0 saturated heterocycles. The van der Waals surface area contributed by atoms with E-state index < -0.39 is 0 Å². The molecule has 1 atom stereocenters. The highest BCUT2D eigenvalue weighted by atomic mass is 35.5. The summed E-state index contributed by atoms with van der Waals surface area (Å²) in [6, 6.07) is 15.1. The third-order valence-electron chi connectivity index (χ3n) is 3.69. The number of nitrogens with two attached hydrogens (primary N) is 1. The first-order valence-corrected chi connectivity index (χ1v) is 7.39. The number of halogens is 2. The van der Waals surface area contributed by atoms with Crippen LogP contribution in [0.15, 0.2) is 48.5 Å². The Morgan fingerprint density at radius 3 is 2.52 bits per heavy atom. The predicted octanol–water partition coefficient (Wildman–Crippen LogP) is 3.65. The summed E-state index contributed by atoms with van der Waals surface area (Å²) in [4.78, 5) is 2.07. The second-order valence-electron chi connectivity index (χ2n) is 5.11. The Hall–Kier alpha value is -1.42. The molecule has 0 saturated carbocycles. The van der Waals surface area contributed by atoms with Crippen molar-refractivity contribution >= 4 is 11.6 Å². The van der Waals surface area contributed by atoms with E-state index in [1.807, 2.05) is 25.2 Å². The summed E-state index contributed by atoms with van der Waals surface area (Å²) >= 11 is 5.86. The van der Waals surface area contributed by atoms with Gasteiger partial charge in [-0.3, -0.25) is 4.90 Å². The Balaban J connectivity index is 2.08. The lowest BCUT2D eigenvalue weighted by Gasteiger charge is -2.28. The van der Waals surface area contributed by atoms with Crippen LogP contribution in [0.3, 0.4) is 0 Å². The van der Waals surface area contributed by atoms with E-state index in [9.17, 15) is 4.39 Å². The molecule has 0 aliphatic heterocycles. The van der Waals surface area contributed by atoms with Crippen LogP contribution in [-0.4, -0.2) is 25.0 Å². The average molecular weight is 307 g/mol. The molecule has 0 fully saturated rings. The number of nitrogens with zero attached hydrogens (tertiary/aromatic N) is 1. The van der Waals surface area contributed by atoms with Crippen molar-refractivity contribution in [1.29, 1.82) is 0 Å². The molecule has 0 aliphatic carbocycles. The molecule has 0 amide bonds. The summed E-state index contributed by atoms with van der Waals surface area (Å²) < 4.78 is 14.1. The molecule has 4 heteroatoms. The molecule has 2 aromatic rings. The molecule has 0 spiro atoms. The van der Waals surface area contributed by atoms with Gasteiger partial charge in [-0.15, -0.1) is 0 Å². The monoisotopic (exact) mass is 306 g/mol. The number of likely N-dealkylation sites (N-methyl/N-ethyl adjacent to an activating group) is 1. The summed E-state index contributed by atoms with van der Waals surface area (Å²) in [5, 5.41) is 0.141. The minimum atomic E-state index is -0.374. The molecule has 112 valence electrons. The first-order chi connectivity index (χ1) is 10.1. The van der Waals surface area contributed by atoms with Gasteiger partial charge in [-0.05, 0) is 25.1 Å². The van der Waals surface area contributed by atoms with Crippen molar-refractivity contribution in [3.63, 3.8) is 0 Å². The van der Waals surface area contributed by atoms with Crippen LogP contribution in [-0.2, 0) is 6.42 Å². The van der Waals surface area contributed by atoms with Crippen LogP contribution in [0, 0.1) is 5.82 Å². The van der Waals surface area contributed by atoms with Crippen LogP contribution < -0.4 is 5.73 Å². The van der Waals surface area contributed by atoms with E-state index in [1.54, 1.807) is 18.2 Å². The van der Waals surface area contributed by atoms with Crippen LogP contribution in [0.2, 0.25) is 5.02 Å². The van der Waals surface area contributed by atoms with Gasteiger partial charge in [0, 0.05) is 24.7 Å². The topological polar surface area (TPSA) is 29.3 Å². The lowest BCUT2D eigenvalue weighted by atomic mass is 10.0. The molecule has 21 heavy (non-hydrogen) atoms. The first kappa shape index (κ1) is 16.0. The molecule has 0 aliphatic rings. The molecule has 0 heterocycles. The largest absolute Gasteiger partial charge is 0.329 e. The third kappa shape index (κ3) is 4.03. The third-order valence-corrected chi connectivity index (χ3v) is 3.98. The lowest BCUT2D eigenvalue weighted by Crippen LogP contribution is -2.32. The van der Waals surface area contributed by atoms with Crippen molar-refractivity contribution in [1.82, 2.24) is 4.90 Å². The predicted molar refractivity (Wildman–Crippen MR) is 86.0 cm³/mol. The fourth-order valence-corrected chi connectivity index (χ4v) is 2.61. The molecule has 0 aromatic heterocycles. The van der Waals surface area contributed by atoms with E-state index in [1.165, 1.54) is 5.56 Å². The summed E-state index contributed by atoms with van der Waals surface area (Å²) in [5.41, 5.74) is 7.65. The molecule has 2 N–H and O–H groups in total. The fourth-order valence-electron chi connectivity index (χ4n) is 2.43. The first-order valence-electron chi connectivity index (χ1n) is 7.01. The van der Waals surface area contributed by atoms with E-state index in [-0.39, 0.29) is 16.9 Å². The highest BCUT2D eigenvalue weighted by molar-refractivity contribution is 6.30. The van der Waals surface area contributed by atoms with Crippen molar-refractivity contribution in [2.45, 2.75) is 12.5 Å². The number of hydrogen-bond donors (Lipinski definition) is 1. The maximum absolute atomic E-state index is 14.1. The highest BCUT2D eigenvalue weighted by Crippen LogP contribution is 2.26. The molecule has 2 rings (SSSR count). The van der Waals surface area contributed by atoms with Gasteiger partial charge in [0.05, 0.1) is 5.02 Å². The van der Waals surface area contributed by atoms with Crippen LogP contribution in [0.5, 0.6) is 0 Å². The minimum absolute atomic E-state index is 0.141. The van der Waals surface area contributed by atoms with Crippen molar-refractivity contribution in [2.75, 3.05) is 20.1 Å². The maximum atomic E-state index is 14.1. The number of rotatable bonds is 6. The van der Waals surface area contributed by atoms with Gasteiger partial charge in [-0.1, -0.05) is 54.1 Å². The standard InChI is InChI=1S/C17H20ClFN2/c1-21(11-10-13-6-3-2-4-7-13)16(12-20)14-8-5-9-15(18)17(14)19/h2-9,16H,10-12,20H2,1H3.